The van der Waals surface area contributed by atoms with Gasteiger partial charge in [-0.15, -0.1) is 11.3 Å². The molecule has 2 amide bonds. The van der Waals surface area contributed by atoms with E-state index >= 15 is 0 Å². The standard InChI is InChI=1S/C41H56N6O6S2/c1-25(2)47-32-19-18-26(3)35(37-42-31(24-54-37)28-15-12-13-16-28)36(32)43-40(47)53-30-20-33-34(48)22-41(39(50)44-55(51,52)45(5)6)21-29(41)17-11-9-7-8-10-14-27(4)38(49)46(33)23-30/h11,17-19,24-25,27-30,33H,7-10,12-16,20-23H2,1-6H3,(H,44,50)/b17-11-/t27-,29+,30+,33-,41+/m0/s1. The van der Waals surface area contributed by atoms with Crippen LogP contribution in [0.15, 0.2) is 29.7 Å². The van der Waals surface area contributed by atoms with Gasteiger partial charge in [0.1, 0.15) is 16.6 Å². The maximum atomic E-state index is 14.4. The first-order chi connectivity index (χ1) is 26.2. The lowest BCUT2D eigenvalue weighted by atomic mass is 9.91. The van der Waals surface area contributed by atoms with Crippen LogP contribution in [0.4, 0.5) is 0 Å². The van der Waals surface area contributed by atoms with E-state index in [1.807, 2.05) is 19.1 Å². The van der Waals surface area contributed by atoms with Crippen LogP contribution in [0.3, 0.4) is 0 Å². The molecule has 14 heteroatoms. The minimum absolute atomic E-state index is 0.00715. The first-order valence-electron chi connectivity index (χ1n) is 20.1. The number of hydrogen-bond donors (Lipinski definition) is 1. The number of benzene rings is 1. The lowest BCUT2D eigenvalue weighted by Gasteiger charge is -2.27. The Morgan fingerprint density at radius 1 is 1.07 bits per heavy atom. The summed E-state index contributed by atoms with van der Waals surface area (Å²) >= 11 is 1.66. The van der Waals surface area contributed by atoms with E-state index in [0.717, 1.165) is 57.2 Å². The summed E-state index contributed by atoms with van der Waals surface area (Å²) in [6.45, 7) is 8.40. The third-order valence-electron chi connectivity index (χ3n) is 12.3. The Labute approximate surface area is 329 Å². The van der Waals surface area contributed by atoms with E-state index in [1.54, 1.807) is 16.2 Å². The monoisotopic (exact) mass is 792 g/mol. The second-order valence-corrected chi connectivity index (χ2v) is 19.6. The zero-order valence-electron chi connectivity index (χ0n) is 33.0. The number of rotatable bonds is 8. The number of aryl methyl sites for hydroxylation is 1. The van der Waals surface area contributed by atoms with Crippen molar-refractivity contribution < 1.29 is 27.5 Å². The highest BCUT2D eigenvalue weighted by atomic mass is 32.2. The number of aromatic nitrogens is 3. The molecule has 4 heterocycles. The van der Waals surface area contributed by atoms with E-state index in [9.17, 15) is 22.8 Å². The van der Waals surface area contributed by atoms with Gasteiger partial charge in [-0.05, 0) is 76.8 Å². The second-order valence-electron chi connectivity index (χ2n) is 16.8. The average Bonchev–Trinajstić information content (AvgIpc) is 3.72. The lowest BCUT2D eigenvalue weighted by molar-refractivity contribution is -0.141. The SMILES string of the molecule is Cc1ccc2c(nc(O[C@@H]3C[C@H]4C(=O)C[C@]5(C(=O)NS(=O)(=O)N(C)C)C[C@H]5/C=C\CCCCC[C@H](C)C(=O)N4C3)n2C(C)C)c1-c1nc(C2CCCC2)cs1. The molecule has 3 aromatic rings. The molecular formula is C41H56N6O6S2. The maximum absolute atomic E-state index is 14.4. The topological polar surface area (TPSA) is 144 Å². The summed E-state index contributed by atoms with van der Waals surface area (Å²) in [5.74, 6) is -1.09. The van der Waals surface area contributed by atoms with E-state index in [1.165, 1.54) is 45.5 Å². The molecule has 0 spiro atoms. The van der Waals surface area contributed by atoms with Gasteiger partial charge in [0.15, 0.2) is 5.78 Å². The van der Waals surface area contributed by atoms with Crippen LogP contribution >= 0.6 is 11.3 Å². The Kier molecular flexibility index (Phi) is 11.3. The first-order valence-corrected chi connectivity index (χ1v) is 22.4. The summed E-state index contributed by atoms with van der Waals surface area (Å²) in [5.41, 5.74) is 3.80. The third-order valence-corrected chi connectivity index (χ3v) is 14.6. The molecule has 0 radical (unpaired) electrons. The van der Waals surface area contributed by atoms with E-state index in [0.29, 0.717) is 24.8 Å². The second kappa shape index (κ2) is 15.7. The van der Waals surface area contributed by atoms with Gasteiger partial charge in [0.25, 0.3) is 6.01 Å². The lowest BCUT2D eigenvalue weighted by Crippen LogP contribution is -2.47. The van der Waals surface area contributed by atoms with Gasteiger partial charge >= 0.3 is 10.2 Å². The third kappa shape index (κ3) is 7.87. The van der Waals surface area contributed by atoms with E-state index in [2.05, 4.69) is 47.6 Å². The van der Waals surface area contributed by atoms with Crippen LogP contribution < -0.4 is 9.46 Å². The fourth-order valence-corrected chi connectivity index (χ4v) is 10.5. The summed E-state index contributed by atoms with van der Waals surface area (Å²) in [5, 5.41) is 3.15. The molecule has 0 unspecified atom stereocenters. The van der Waals surface area contributed by atoms with Crippen LogP contribution in [0.5, 0.6) is 6.01 Å². The van der Waals surface area contributed by atoms with Crippen molar-refractivity contribution in [3.8, 4) is 16.6 Å². The number of nitrogens with zero attached hydrogens (tertiary/aromatic N) is 5. The molecule has 7 rings (SSSR count). The number of carbonyl (C=O) groups excluding carboxylic acids is 3. The highest BCUT2D eigenvalue weighted by Gasteiger charge is 2.61. The fourth-order valence-electron chi connectivity index (χ4n) is 8.91. The minimum atomic E-state index is -4.07. The minimum Gasteiger partial charge on any atom is -0.459 e. The molecule has 1 saturated heterocycles. The smallest absolute Gasteiger partial charge is 0.303 e. The molecule has 4 aliphatic rings. The Morgan fingerprint density at radius 3 is 2.55 bits per heavy atom. The number of nitrogens with one attached hydrogen (secondary N) is 1. The van der Waals surface area contributed by atoms with Gasteiger partial charge in [-0.25, -0.2) is 9.71 Å². The Hall–Kier alpha value is -3.62. The van der Waals surface area contributed by atoms with Gasteiger partial charge in [-0.2, -0.15) is 17.7 Å². The molecule has 2 saturated carbocycles. The maximum Gasteiger partial charge on any atom is 0.303 e. The Balaban J connectivity index is 1.20. The summed E-state index contributed by atoms with van der Waals surface area (Å²) in [6, 6.07) is 3.81. The predicted molar refractivity (Wildman–Crippen MR) is 214 cm³/mol. The number of amides is 2. The van der Waals surface area contributed by atoms with Crippen LogP contribution in [0.1, 0.15) is 121 Å². The van der Waals surface area contributed by atoms with E-state index in [-0.39, 0.29) is 49.0 Å². The first kappa shape index (κ1) is 39.6. The van der Waals surface area contributed by atoms with Gasteiger partial charge in [0, 0.05) is 55.8 Å². The van der Waals surface area contributed by atoms with Crippen molar-refractivity contribution in [2.24, 2.45) is 17.3 Å². The fraction of sp³-hybridized carbons (Fsp3) is 0.634. The van der Waals surface area contributed by atoms with Gasteiger partial charge in [-0.1, -0.05) is 50.8 Å². The number of thiazole rings is 1. The number of Topliss-reactive ketones (excluding diaryl/α,β-unsaturated/α-hetero) is 1. The molecule has 2 aliphatic carbocycles. The quantitative estimate of drug-likeness (QED) is 0.238. The van der Waals surface area contributed by atoms with Crippen LogP contribution in [-0.2, 0) is 24.6 Å². The molecule has 3 fully saturated rings. The number of ether oxygens (including phenoxy) is 1. The predicted octanol–water partition coefficient (Wildman–Crippen LogP) is 7.10. The molecular weight excluding hydrogens is 737 g/mol. The van der Waals surface area contributed by atoms with Crippen molar-refractivity contribution in [1.82, 2.24) is 28.5 Å². The summed E-state index contributed by atoms with van der Waals surface area (Å²) in [6.07, 6.45) is 13.1. The van der Waals surface area contributed by atoms with Crippen LogP contribution in [0.2, 0.25) is 0 Å². The summed E-state index contributed by atoms with van der Waals surface area (Å²) in [4.78, 5) is 54.2. The van der Waals surface area contributed by atoms with Crippen LogP contribution in [0.25, 0.3) is 21.6 Å². The number of allylic oxidation sites excluding steroid dienone is 2. The Morgan fingerprint density at radius 2 is 1.82 bits per heavy atom. The zero-order valence-corrected chi connectivity index (χ0v) is 34.7. The average molecular weight is 793 g/mol. The van der Waals surface area contributed by atoms with E-state index in [4.69, 9.17) is 14.7 Å². The molecule has 2 aromatic heterocycles. The normalized spacial score (nSPS) is 27.6. The van der Waals surface area contributed by atoms with Gasteiger partial charge < -0.3 is 9.64 Å². The molecule has 12 nitrogen and oxygen atoms in total. The number of fused-ring (bicyclic) bond motifs is 3. The molecule has 2 aliphatic heterocycles. The highest BCUT2D eigenvalue weighted by Crippen LogP contribution is 2.57. The zero-order chi connectivity index (χ0) is 39.2. The van der Waals surface area contributed by atoms with Crippen molar-refractivity contribution in [2.75, 3.05) is 20.6 Å². The number of imidazole rings is 1. The van der Waals surface area contributed by atoms with Crippen molar-refractivity contribution in [2.45, 2.75) is 129 Å². The largest absolute Gasteiger partial charge is 0.459 e. The van der Waals surface area contributed by atoms with Crippen molar-refractivity contribution >= 4 is 50.2 Å². The van der Waals surface area contributed by atoms with Crippen LogP contribution in [-0.4, -0.2) is 82.5 Å². The summed E-state index contributed by atoms with van der Waals surface area (Å²) < 4.78 is 37.5. The van der Waals surface area contributed by atoms with Crippen molar-refractivity contribution in [3.63, 3.8) is 0 Å². The molecule has 1 N–H and O–H groups in total. The van der Waals surface area contributed by atoms with Crippen molar-refractivity contribution in [3.05, 3.63) is 40.9 Å². The van der Waals surface area contributed by atoms with Gasteiger partial charge in [0.05, 0.1) is 29.2 Å². The highest BCUT2D eigenvalue weighted by molar-refractivity contribution is 7.87. The number of hydrogen-bond acceptors (Lipinski definition) is 9. The molecule has 5 atom stereocenters. The number of carbonyl (C=O) groups is 3. The van der Waals surface area contributed by atoms with E-state index < -0.39 is 33.7 Å². The molecule has 298 valence electrons. The molecule has 1 aromatic carbocycles. The molecule has 55 heavy (non-hydrogen) atoms. The van der Waals surface area contributed by atoms with Gasteiger partial charge in [-0.3, -0.25) is 19.0 Å². The number of ketones is 1. The van der Waals surface area contributed by atoms with Crippen LogP contribution in [0, 0.1) is 24.2 Å². The van der Waals surface area contributed by atoms with Gasteiger partial charge in [0.2, 0.25) is 11.8 Å². The van der Waals surface area contributed by atoms with Crippen molar-refractivity contribution in [1.29, 1.82) is 0 Å². The Bertz CT molecular complexity index is 2080. The molecule has 0 bridgehead atoms. The summed E-state index contributed by atoms with van der Waals surface area (Å²) in [7, 11) is -1.36.